The maximum absolute atomic E-state index is 13.2. The van der Waals surface area contributed by atoms with Gasteiger partial charge in [-0.3, -0.25) is 18.4 Å². The van der Waals surface area contributed by atoms with Gasteiger partial charge in [0.05, 0.1) is 43.9 Å². The van der Waals surface area contributed by atoms with E-state index in [0.717, 1.165) is 44.9 Å². The van der Waals surface area contributed by atoms with Crippen molar-refractivity contribution in [2.75, 3.05) is 19.8 Å². The number of hydrogen-bond donors (Lipinski definition) is 6. The zero-order valence-electron chi connectivity index (χ0n) is 30.6. The Morgan fingerprint density at radius 1 is 1.06 bits per heavy atom. The Bertz CT molecular complexity index is 1300. The first-order chi connectivity index (χ1) is 25.2. The molecule has 2 aliphatic rings. The van der Waals surface area contributed by atoms with E-state index in [4.69, 9.17) is 39.4 Å². The number of allylic oxidation sites excluding steroid dienone is 1. The Kier molecular flexibility index (Phi) is 20.3. The van der Waals surface area contributed by atoms with Crippen LogP contribution in [0, 0.1) is 0 Å². The van der Waals surface area contributed by atoms with Crippen LogP contribution in [0.25, 0.3) is 0 Å². The minimum Gasteiger partial charge on any atom is -0.390 e. The molecule has 1 aromatic rings. The van der Waals surface area contributed by atoms with Gasteiger partial charge in [0.25, 0.3) is 0 Å². The van der Waals surface area contributed by atoms with E-state index in [0.29, 0.717) is 29.8 Å². The van der Waals surface area contributed by atoms with Gasteiger partial charge in [-0.2, -0.15) is 0 Å². The number of phosphoric ester groups is 1. The molecule has 0 aromatic heterocycles. The third kappa shape index (κ3) is 15.8. The molecule has 2 aliphatic heterocycles. The number of unbranched alkanes of at least 4 members (excludes halogenated alkanes) is 7. The molecule has 0 radical (unpaired) electrons. The average molecular weight is 798 g/mol. The van der Waals surface area contributed by atoms with Crippen molar-refractivity contribution in [3.63, 3.8) is 0 Å². The van der Waals surface area contributed by atoms with Gasteiger partial charge < -0.3 is 45.1 Å². The van der Waals surface area contributed by atoms with Crippen LogP contribution in [0.5, 0.6) is 0 Å². The van der Waals surface area contributed by atoms with Crippen LogP contribution in [0.4, 0.5) is 4.39 Å². The number of benzene rings is 1. The monoisotopic (exact) mass is 797 g/mol. The fourth-order valence-electron chi connectivity index (χ4n) is 6.01. The van der Waals surface area contributed by atoms with Gasteiger partial charge >= 0.3 is 7.82 Å². The normalized spacial score (nSPS) is 28.5. The highest BCUT2D eigenvalue weighted by Crippen LogP contribution is 2.57. The minimum atomic E-state index is -4.08. The van der Waals surface area contributed by atoms with Crippen LogP contribution in [0.1, 0.15) is 103 Å². The average Bonchev–Trinajstić information content (AvgIpc) is 3.12. The van der Waals surface area contributed by atoms with Gasteiger partial charge in [-0.05, 0) is 50.3 Å². The first-order valence-electron chi connectivity index (χ1n) is 18.5. The molecule has 1 amide bonds. The fourth-order valence-corrected chi connectivity index (χ4v) is 7.67. The Balaban J connectivity index is 1.47. The van der Waals surface area contributed by atoms with Crippen LogP contribution in [0.3, 0.4) is 0 Å². The number of phosphoric acid groups is 1. The highest BCUT2D eigenvalue weighted by Gasteiger charge is 2.45. The molecule has 2 saturated heterocycles. The van der Waals surface area contributed by atoms with Gasteiger partial charge in [-0.1, -0.05) is 75.8 Å². The molecule has 0 spiro atoms. The highest BCUT2D eigenvalue weighted by molar-refractivity contribution is 7.48. The molecule has 6 N–H and O–H groups in total. The molecule has 3 rings (SSSR count). The molecule has 8 unspecified atom stereocenters. The third-order valence-electron chi connectivity index (χ3n) is 9.16. The van der Waals surface area contributed by atoms with Crippen molar-refractivity contribution in [2.24, 2.45) is 0 Å². The summed E-state index contributed by atoms with van der Waals surface area (Å²) in [7, 11) is -4.08. The number of aliphatic hydroxyl groups is 5. The fraction of sp³-hybridized carbons (Fsp3) is 0.750. The number of rotatable bonds is 24. The Morgan fingerprint density at radius 3 is 2.36 bits per heavy atom. The molecule has 2 fully saturated rings. The lowest BCUT2D eigenvalue weighted by Crippen LogP contribution is -2.60. The van der Waals surface area contributed by atoms with Crippen molar-refractivity contribution in [3.8, 4) is 0 Å². The van der Waals surface area contributed by atoms with Crippen molar-refractivity contribution < 1.29 is 67.1 Å². The van der Waals surface area contributed by atoms with E-state index in [-0.39, 0.29) is 31.2 Å². The topological polar surface area (TPSA) is 203 Å². The van der Waals surface area contributed by atoms with Gasteiger partial charge in [-0.25, -0.2) is 8.96 Å². The van der Waals surface area contributed by atoms with E-state index >= 15 is 0 Å². The number of ether oxygens (including phenoxy) is 3. The molecular weight excluding hydrogens is 740 g/mol. The molecular formula is C36H58ClFNO13P. The molecule has 0 bridgehead atoms. The molecule has 53 heavy (non-hydrogen) atoms. The summed E-state index contributed by atoms with van der Waals surface area (Å²) in [6, 6.07) is 5.82. The Morgan fingerprint density at radius 2 is 1.72 bits per heavy atom. The van der Waals surface area contributed by atoms with Crippen LogP contribution in [0.15, 0.2) is 36.7 Å². The quantitative estimate of drug-likeness (QED) is 0.0457. The summed E-state index contributed by atoms with van der Waals surface area (Å²) in [5, 5.41) is 56.1. The summed E-state index contributed by atoms with van der Waals surface area (Å²) in [6.45, 7) is 5.62. The number of carbonyl (C=O) groups is 1. The number of nitrogens with one attached hydrogen (secondary N) is 1. The van der Waals surface area contributed by atoms with E-state index < -0.39 is 82.4 Å². The maximum Gasteiger partial charge on any atom is 0.477 e. The molecule has 304 valence electrons. The number of amides is 1. The molecule has 14 nitrogen and oxygen atoms in total. The second-order valence-corrected chi connectivity index (χ2v) is 15.6. The van der Waals surface area contributed by atoms with Crippen molar-refractivity contribution in [1.29, 1.82) is 0 Å². The second kappa shape index (κ2) is 23.5. The largest absolute Gasteiger partial charge is 0.477 e. The summed E-state index contributed by atoms with van der Waals surface area (Å²) in [4.78, 5) is 12.8. The van der Waals surface area contributed by atoms with Crippen molar-refractivity contribution in [2.45, 2.75) is 152 Å². The lowest BCUT2D eigenvalue weighted by atomic mass is 9.99. The summed E-state index contributed by atoms with van der Waals surface area (Å²) < 4.78 is 59.4. The SMILES string of the molecule is C=C(F)CCCCCCCCCCC(=O)N[C@@H](COC1OC(COC(C)OP2(=O)OCCC(c3cccc(Cl)c3)O2)C(O)C(O)C1O)[C@H](O)[C@H](O)CC. The summed E-state index contributed by atoms with van der Waals surface area (Å²) >= 11 is 6.08. The van der Waals surface area contributed by atoms with Gasteiger partial charge in [0.15, 0.2) is 12.6 Å². The summed E-state index contributed by atoms with van der Waals surface area (Å²) in [5.41, 5.74) is 0.697. The molecule has 17 heteroatoms. The maximum atomic E-state index is 13.2. The van der Waals surface area contributed by atoms with Crippen molar-refractivity contribution >= 4 is 25.3 Å². The number of carbonyl (C=O) groups excluding carboxylic acids is 1. The first-order valence-corrected chi connectivity index (χ1v) is 20.3. The number of hydrogen-bond acceptors (Lipinski definition) is 13. The predicted molar refractivity (Wildman–Crippen MR) is 193 cm³/mol. The van der Waals surface area contributed by atoms with E-state index in [1.165, 1.54) is 6.92 Å². The van der Waals surface area contributed by atoms with E-state index in [1.807, 2.05) is 0 Å². The van der Waals surface area contributed by atoms with Gasteiger partial charge in [0.1, 0.15) is 30.5 Å². The smallest absolute Gasteiger partial charge is 0.390 e. The molecule has 2 heterocycles. The Hall–Kier alpha value is -1.56. The lowest BCUT2D eigenvalue weighted by Gasteiger charge is -2.41. The zero-order chi connectivity index (χ0) is 39.0. The van der Waals surface area contributed by atoms with Gasteiger partial charge in [0, 0.05) is 17.9 Å². The predicted octanol–water partition coefficient (Wildman–Crippen LogP) is 5.13. The highest BCUT2D eigenvalue weighted by atomic mass is 35.5. The third-order valence-corrected chi connectivity index (χ3v) is 11.0. The molecule has 1 aromatic carbocycles. The van der Waals surface area contributed by atoms with Crippen LogP contribution in [0.2, 0.25) is 5.02 Å². The summed E-state index contributed by atoms with van der Waals surface area (Å²) in [6.07, 6.45) is -3.87. The summed E-state index contributed by atoms with van der Waals surface area (Å²) in [5.74, 6) is -0.649. The van der Waals surface area contributed by atoms with Gasteiger partial charge in [0.2, 0.25) is 5.91 Å². The van der Waals surface area contributed by atoms with Crippen molar-refractivity contribution in [3.05, 3.63) is 47.3 Å². The first kappa shape index (κ1) is 45.8. The van der Waals surface area contributed by atoms with Crippen LogP contribution >= 0.6 is 19.4 Å². The molecule has 0 saturated carbocycles. The molecule has 0 aliphatic carbocycles. The minimum absolute atomic E-state index is 0.0862. The second-order valence-electron chi connectivity index (χ2n) is 13.6. The number of aliphatic hydroxyl groups excluding tert-OH is 5. The van der Waals surface area contributed by atoms with E-state index in [1.54, 1.807) is 31.2 Å². The van der Waals surface area contributed by atoms with Gasteiger partial charge in [-0.15, -0.1) is 0 Å². The Labute approximate surface area is 316 Å². The van der Waals surface area contributed by atoms with Crippen molar-refractivity contribution in [1.82, 2.24) is 5.32 Å². The van der Waals surface area contributed by atoms with E-state index in [9.17, 15) is 39.3 Å². The number of halogens is 2. The van der Waals surface area contributed by atoms with E-state index in [2.05, 4.69) is 11.9 Å². The van der Waals surface area contributed by atoms with Crippen LogP contribution in [-0.4, -0.2) is 107 Å². The molecule has 11 atom stereocenters. The lowest BCUT2D eigenvalue weighted by molar-refractivity contribution is -0.308. The van der Waals surface area contributed by atoms with Crippen LogP contribution in [-0.2, 0) is 37.1 Å². The van der Waals surface area contributed by atoms with Crippen LogP contribution < -0.4 is 5.32 Å². The zero-order valence-corrected chi connectivity index (χ0v) is 32.3. The standard InChI is InChI=1S/C36H58ClFNO13P/c1-4-28(40)32(42)27(39-31(41)17-12-10-8-6-5-7-9-11-14-23(2)38)21-48-36-35(45)34(44)33(43)30(50-36)22-47-24(3)51-53(46)49-19-18-29(52-53)25-15-13-16-26(37)20-25/h13,15-16,20,24,27-30,32-36,40,42-45H,2,4-12,14,17-19,21-22H2,1,3H3,(H,39,41)/t24?,27-,28+,29?,30?,32-,33?,34?,35?,36?,53?/m0/s1.